The monoisotopic (exact) mass is 240 g/mol. The van der Waals surface area contributed by atoms with Crippen molar-refractivity contribution in [3.63, 3.8) is 0 Å². The first-order valence-electron chi connectivity index (χ1n) is 6.03. The van der Waals surface area contributed by atoms with E-state index in [1.807, 2.05) is 20.8 Å². The Hall–Kier alpha value is -1.26. The fourth-order valence-corrected chi connectivity index (χ4v) is 2.45. The van der Waals surface area contributed by atoms with Crippen molar-refractivity contribution in [3.05, 3.63) is 0 Å². The molecule has 0 aromatic rings. The molecule has 1 unspecified atom stereocenters. The molecule has 0 radical (unpaired) electrons. The quantitative estimate of drug-likeness (QED) is 0.743. The highest BCUT2D eigenvalue weighted by Crippen LogP contribution is 2.45. The number of hydrogen-bond donors (Lipinski definition) is 1. The van der Waals surface area contributed by atoms with Gasteiger partial charge in [0.1, 0.15) is 5.60 Å². The Balaban J connectivity index is 1.79. The van der Waals surface area contributed by atoms with Crippen LogP contribution in [0.5, 0.6) is 0 Å². The van der Waals surface area contributed by atoms with Gasteiger partial charge in [-0.1, -0.05) is 0 Å². The molecule has 17 heavy (non-hydrogen) atoms. The number of likely N-dealkylation sites (tertiary alicyclic amines) is 1. The first-order chi connectivity index (χ1) is 7.78. The van der Waals surface area contributed by atoms with Gasteiger partial charge in [0.05, 0.1) is 0 Å². The second-order valence-electron chi connectivity index (χ2n) is 5.94. The molecule has 5 heteroatoms. The average molecular weight is 240 g/mol. The largest absolute Gasteiger partial charge is 0.444 e. The van der Waals surface area contributed by atoms with E-state index < -0.39 is 5.60 Å². The number of carbonyl (C=O) groups excluding carboxylic acids is 2. The van der Waals surface area contributed by atoms with E-state index >= 15 is 0 Å². The van der Waals surface area contributed by atoms with Crippen molar-refractivity contribution in [1.82, 2.24) is 10.2 Å². The molecule has 2 rings (SSSR count). The third-order valence-corrected chi connectivity index (χ3v) is 3.22. The molecule has 0 bridgehead atoms. The van der Waals surface area contributed by atoms with Gasteiger partial charge in [-0.25, -0.2) is 4.79 Å². The number of amides is 2. The summed E-state index contributed by atoms with van der Waals surface area (Å²) < 4.78 is 5.31. The highest BCUT2D eigenvalue weighted by molar-refractivity contribution is 5.74. The molecule has 1 aliphatic heterocycles. The third-order valence-electron chi connectivity index (χ3n) is 3.22. The van der Waals surface area contributed by atoms with Crippen molar-refractivity contribution >= 4 is 12.0 Å². The van der Waals surface area contributed by atoms with Crippen LogP contribution in [0.15, 0.2) is 0 Å². The number of nitrogens with one attached hydrogen (secondary N) is 1. The van der Waals surface area contributed by atoms with E-state index in [2.05, 4.69) is 5.32 Å². The summed E-state index contributed by atoms with van der Waals surface area (Å²) in [4.78, 5) is 24.4. The van der Waals surface area contributed by atoms with E-state index in [4.69, 9.17) is 4.74 Å². The van der Waals surface area contributed by atoms with Gasteiger partial charge < -0.3 is 15.0 Å². The van der Waals surface area contributed by atoms with Gasteiger partial charge in [-0.3, -0.25) is 4.79 Å². The number of nitrogens with zero attached hydrogens (tertiary/aromatic N) is 1. The van der Waals surface area contributed by atoms with Crippen LogP contribution in [0.3, 0.4) is 0 Å². The zero-order chi connectivity index (χ0) is 12.8. The predicted molar refractivity (Wildman–Crippen MR) is 62.4 cm³/mol. The second-order valence-corrected chi connectivity index (χ2v) is 5.94. The SMILES string of the molecule is CC(=O)NC1[C@H]2CN(C(=O)OC(C)(C)C)C[C@@H]12. The lowest BCUT2D eigenvalue weighted by Gasteiger charge is -2.25. The Morgan fingerprint density at radius 1 is 1.24 bits per heavy atom. The van der Waals surface area contributed by atoms with Crippen LogP contribution in [0.1, 0.15) is 27.7 Å². The highest BCUT2D eigenvalue weighted by atomic mass is 16.6. The van der Waals surface area contributed by atoms with Crippen molar-refractivity contribution in [1.29, 1.82) is 0 Å². The van der Waals surface area contributed by atoms with Crippen molar-refractivity contribution in [2.45, 2.75) is 39.3 Å². The van der Waals surface area contributed by atoms with Crippen molar-refractivity contribution in [3.8, 4) is 0 Å². The van der Waals surface area contributed by atoms with Gasteiger partial charge in [0.2, 0.25) is 5.91 Å². The molecular formula is C12H20N2O3. The fourth-order valence-electron chi connectivity index (χ4n) is 2.45. The Bertz CT molecular complexity index is 336. The van der Waals surface area contributed by atoms with E-state index in [0.717, 1.165) is 0 Å². The lowest BCUT2D eigenvalue weighted by Crippen LogP contribution is -2.39. The van der Waals surface area contributed by atoms with Gasteiger partial charge in [0, 0.05) is 37.9 Å². The molecule has 96 valence electrons. The number of hydrogen-bond acceptors (Lipinski definition) is 3. The predicted octanol–water partition coefficient (Wildman–Crippen LogP) is 0.988. The maximum absolute atomic E-state index is 11.8. The van der Waals surface area contributed by atoms with E-state index in [0.29, 0.717) is 24.9 Å². The summed E-state index contributed by atoms with van der Waals surface area (Å²) in [5.74, 6) is 0.853. The van der Waals surface area contributed by atoms with E-state index in [1.54, 1.807) is 4.90 Å². The molecule has 3 atom stereocenters. The Kier molecular flexibility index (Phi) is 2.79. The van der Waals surface area contributed by atoms with Gasteiger partial charge in [-0.15, -0.1) is 0 Å². The summed E-state index contributed by atoms with van der Waals surface area (Å²) in [6, 6.07) is 0.270. The van der Waals surface area contributed by atoms with Crippen LogP contribution in [0.4, 0.5) is 4.79 Å². The lowest BCUT2D eigenvalue weighted by atomic mass is 10.2. The van der Waals surface area contributed by atoms with E-state index in [9.17, 15) is 9.59 Å². The summed E-state index contributed by atoms with van der Waals surface area (Å²) in [5.41, 5.74) is -0.444. The fraction of sp³-hybridized carbons (Fsp3) is 0.833. The summed E-state index contributed by atoms with van der Waals surface area (Å²) >= 11 is 0. The molecule has 1 heterocycles. The minimum absolute atomic E-state index is 0.00761. The van der Waals surface area contributed by atoms with Crippen LogP contribution in [0.25, 0.3) is 0 Å². The summed E-state index contributed by atoms with van der Waals surface area (Å²) in [5, 5.41) is 2.91. The highest BCUT2D eigenvalue weighted by Gasteiger charge is 2.57. The van der Waals surface area contributed by atoms with Gasteiger partial charge in [-0.2, -0.15) is 0 Å². The van der Waals surface area contributed by atoms with Crippen molar-refractivity contribution in [2.24, 2.45) is 11.8 Å². The Morgan fingerprint density at radius 2 is 1.76 bits per heavy atom. The van der Waals surface area contributed by atoms with E-state index in [1.165, 1.54) is 6.92 Å². The standard InChI is InChI=1S/C12H20N2O3/c1-7(15)13-10-8-5-14(6-9(8)10)11(16)17-12(2,3)4/h8-10H,5-6H2,1-4H3,(H,13,15)/t8-,9+,10?. The minimum Gasteiger partial charge on any atom is -0.444 e. The summed E-state index contributed by atoms with van der Waals surface area (Å²) in [7, 11) is 0. The van der Waals surface area contributed by atoms with E-state index in [-0.39, 0.29) is 18.0 Å². The average Bonchev–Trinajstić information content (AvgIpc) is 2.59. The molecule has 2 aliphatic rings. The molecule has 5 nitrogen and oxygen atoms in total. The third kappa shape index (κ3) is 2.70. The van der Waals surface area contributed by atoms with Crippen molar-refractivity contribution in [2.75, 3.05) is 13.1 Å². The maximum Gasteiger partial charge on any atom is 0.410 e. The number of piperidine rings is 1. The lowest BCUT2D eigenvalue weighted by molar-refractivity contribution is -0.119. The zero-order valence-corrected chi connectivity index (χ0v) is 10.8. The topological polar surface area (TPSA) is 58.6 Å². The number of carbonyl (C=O) groups is 2. The molecule has 1 N–H and O–H groups in total. The van der Waals surface area contributed by atoms with Crippen LogP contribution >= 0.6 is 0 Å². The van der Waals surface area contributed by atoms with Gasteiger partial charge in [0.25, 0.3) is 0 Å². The molecule has 0 aromatic heterocycles. The first-order valence-corrected chi connectivity index (χ1v) is 6.03. The van der Waals surface area contributed by atoms with Gasteiger partial charge >= 0.3 is 6.09 Å². The van der Waals surface area contributed by atoms with Crippen LogP contribution in [-0.4, -0.2) is 41.6 Å². The van der Waals surface area contributed by atoms with Crippen LogP contribution in [0.2, 0.25) is 0 Å². The Labute approximate surface area is 101 Å². The molecule has 1 saturated carbocycles. The summed E-state index contributed by atoms with van der Waals surface area (Å²) in [6.45, 7) is 8.51. The normalized spacial score (nSPS) is 30.8. The first kappa shape index (κ1) is 12.2. The number of ether oxygens (including phenoxy) is 1. The zero-order valence-electron chi connectivity index (χ0n) is 10.8. The molecule has 0 spiro atoms. The summed E-state index contributed by atoms with van der Waals surface area (Å²) in [6.07, 6.45) is -0.244. The molecule has 0 aromatic carbocycles. The van der Waals surface area contributed by atoms with Gasteiger partial charge in [-0.05, 0) is 20.8 Å². The number of rotatable bonds is 1. The van der Waals surface area contributed by atoms with Crippen molar-refractivity contribution < 1.29 is 14.3 Å². The molecule has 2 amide bonds. The molecular weight excluding hydrogens is 220 g/mol. The minimum atomic E-state index is -0.444. The molecule has 1 aliphatic carbocycles. The van der Waals surface area contributed by atoms with Crippen LogP contribution in [-0.2, 0) is 9.53 Å². The smallest absolute Gasteiger partial charge is 0.410 e. The Morgan fingerprint density at radius 3 is 2.18 bits per heavy atom. The molecule has 2 fully saturated rings. The number of fused-ring (bicyclic) bond motifs is 1. The van der Waals surface area contributed by atoms with Crippen LogP contribution in [0, 0.1) is 11.8 Å². The maximum atomic E-state index is 11.8. The van der Waals surface area contributed by atoms with Crippen LogP contribution < -0.4 is 5.32 Å². The molecule has 1 saturated heterocycles. The second kappa shape index (κ2) is 3.89. The van der Waals surface area contributed by atoms with Gasteiger partial charge in [0.15, 0.2) is 0 Å².